The van der Waals surface area contributed by atoms with Crippen LogP contribution in [0.3, 0.4) is 0 Å². The predicted molar refractivity (Wildman–Crippen MR) is 155 cm³/mol. The number of hydrazone groups is 1. The molecule has 3 amide bonds. The highest BCUT2D eigenvalue weighted by molar-refractivity contribution is 9.10. The van der Waals surface area contributed by atoms with Gasteiger partial charge in [-0.25, -0.2) is 5.43 Å². The highest BCUT2D eigenvalue weighted by atomic mass is 79.9. The molecule has 9 nitrogen and oxygen atoms in total. The average Bonchev–Trinajstić information content (AvgIpc) is 2.91. The lowest BCUT2D eigenvalue weighted by Gasteiger charge is -2.13. The summed E-state index contributed by atoms with van der Waals surface area (Å²) in [6, 6.07) is 17.4. The lowest BCUT2D eigenvalue weighted by atomic mass is 10.1. The van der Waals surface area contributed by atoms with Crippen LogP contribution in [-0.2, 0) is 14.4 Å². The Hall–Kier alpha value is -4.18. The maximum absolute atomic E-state index is 12.4. The largest absolute Gasteiger partial charge is 0.494 e. The van der Waals surface area contributed by atoms with Gasteiger partial charge < -0.3 is 20.1 Å². The second-order valence-electron chi connectivity index (χ2n) is 8.70. The second-order valence-corrected chi connectivity index (χ2v) is 9.62. The molecule has 0 aliphatic carbocycles. The molecule has 0 aliphatic rings. The third-order valence-electron chi connectivity index (χ3n) is 5.45. The van der Waals surface area contributed by atoms with Gasteiger partial charge in [0.05, 0.1) is 12.8 Å². The number of carbonyl (C=O) groups excluding carboxylic acids is 3. The van der Waals surface area contributed by atoms with E-state index in [9.17, 15) is 14.4 Å². The first kappa shape index (κ1) is 29.4. The number of anilines is 2. The molecular weight excluding hydrogens is 564 g/mol. The number of rotatable bonds is 11. The molecule has 204 valence electrons. The number of hydrogen-bond donors (Lipinski definition) is 3. The summed E-state index contributed by atoms with van der Waals surface area (Å²) in [5.41, 5.74) is 5.89. The molecule has 0 heterocycles. The Morgan fingerprint density at radius 1 is 0.897 bits per heavy atom. The van der Waals surface area contributed by atoms with Gasteiger partial charge in [0, 0.05) is 15.8 Å². The van der Waals surface area contributed by atoms with E-state index in [1.54, 1.807) is 48.5 Å². The number of hydrogen-bond acceptors (Lipinski definition) is 6. The fourth-order valence-electron chi connectivity index (χ4n) is 3.49. The minimum Gasteiger partial charge on any atom is -0.494 e. The van der Waals surface area contributed by atoms with E-state index < -0.39 is 11.8 Å². The molecule has 10 heteroatoms. The zero-order chi connectivity index (χ0) is 28.2. The first-order valence-corrected chi connectivity index (χ1v) is 13.2. The molecule has 0 spiro atoms. The third kappa shape index (κ3) is 9.57. The Balaban J connectivity index is 1.46. The van der Waals surface area contributed by atoms with Gasteiger partial charge in [-0.05, 0) is 85.5 Å². The first-order valence-electron chi connectivity index (χ1n) is 12.4. The standard InChI is InChI=1S/C29H31BrN4O5/c1-4-5-13-38-24-11-9-23(10-12-24)32-28(36)29(37)34-31-17-21-7-6-8-25(16-21)39-18-26(35)33-27-19(2)14-22(30)15-20(27)3/h6-12,14-17H,4-5,13,18H2,1-3H3,(H,32,36)(H,33,35)(H,34,37)/b31-17-. The van der Waals surface area contributed by atoms with Gasteiger partial charge >= 0.3 is 11.8 Å². The zero-order valence-corrected chi connectivity index (χ0v) is 23.6. The van der Waals surface area contributed by atoms with Crippen LogP contribution in [0.5, 0.6) is 11.5 Å². The Morgan fingerprint density at radius 3 is 2.31 bits per heavy atom. The molecule has 0 aromatic heterocycles. The first-order chi connectivity index (χ1) is 18.7. The number of carbonyl (C=O) groups is 3. The molecule has 0 bridgehead atoms. The maximum Gasteiger partial charge on any atom is 0.329 e. The van der Waals surface area contributed by atoms with Crippen molar-refractivity contribution >= 4 is 51.2 Å². The van der Waals surface area contributed by atoms with Crippen LogP contribution in [0.15, 0.2) is 70.2 Å². The predicted octanol–water partition coefficient (Wildman–Crippen LogP) is 5.35. The van der Waals surface area contributed by atoms with Crippen LogP contribution >= 0.6 is 15.9 Å². The molecule has 0 fully saturated rings. The number of unbranched alkanes of at least 4 members (excludes halogenated alkanes) is 1. The summed E-state index contributed by atoms with van der Waals surface area (Å²) in [7, 11) is 0. The van der Waals surface area contributed by atoms with Crippen LogP contribution in [0.1, 0.15) is 36.5 Å². The van der Waals surface area contributed by atoms with Crippen LogP contribution in [0.2, 0.25) is 0 Å². The number of aryl methyl sites for hydroxylation is 2. The number of ether oxygens (including phenoxy) is 2. The molecule has 0 radical (unpaired) electrons. The van der Waals surface area contributed by atoms with E-state index in [0.717, 1.165) is 34.1 Å². The zero-order valence-electron chi connectivity index (χ0n) is 22.0. The Morgan fingerprint density at radius 2 is 1.62 bits per heavy atom. The average molecular weight is 595 g/mol. The van der Waals surface area contributed by atoms with Crippen molar-refractivity contribution in [1.29, 1.82) is 0 Å². The van der Waals surface area contributed by atoms with Crippen LogP contribution in [0.4, 0.5) is 11.4 Å². The van der Waals surface area contributed by atoms with Crippen molar-refractivity contribution in [2.45, 2.75) is 33.6 Å². The number of halogens is 1. The summed E-state index contributed by atoms with van der Waals surface area (Å²) in [6.07, 6.45) is 3.37. The Bertz CT molecular complexity index is 1320. The molecule has 3 aromatic carbocycles. The van der Waals surface area contributed by atoms with Crippen molar-refractivity contribution in [2.75, 3.05) is 23.8 Å². The van der Waals surface area contributed by atoms with Crippen molar-refractivity contribution in [2.24, 2.45) is 5.10 Å². The van der Waals surface area contributed by atoms with E-state index in [-0.39, 0.29) is 12.5 Å². The minimum absolute atomic E-state index is 0.182. The molecule has 0 saturated carbocycles. The van der Waals surface area contributed by atoms with E-state index >= 15 is 0 Å². The number of nitrogens with one attached hydrogen (secondary N) is 3. The Labute approximate surface area is 236 Å². The van der Waals surface area contributed by atoms with E-state index in [0.29, 0.717) is 29.4 Å². The molecule has 0 atom stereocenters. The molecule has 0 aliphatic heterocycles. The van der Waals surface area contributed by atoms with Gasteiger partial charge in [0.15, 0.2) is 6.61 Å². The second kappa shape index (κ2) is 14.7. The van der Waals surface area contributed by atoms with Crippen molar-refractivity contribution in [3.63, 3.8) is 0 Å². The summed E-state index contributed by atoms with van der Waals surface area (Å²) in [4.78, 5) is 36.7. The summed E-state index contributed by atoms with van der Waals surface area (Å²) in [5, 5.41) is 9.22. The van der Waals surface area contributed by atoms with Gasteiger partial charge in [-0.3, -0.25) is 14.4 Å². The maximum atomic E-state index is 12.4. The summed E-state index contributed by atoms with van der Waals surface area (Å²) >= 11 is 3.44. The van der Waals surface area contributed by atoms with Crippen molar-refractivity contribution in [3.8, 4) is 11.5 Å². The lowest BCUT2D eigenvalue weighted by molar-refractivity contribution is -0.136. The molecule has 39 heavy (non-hydrogen) atoms. The summed E-state index contributed by atoms with van der Waals surface area (Å²) < 4.78 is 12.1. The quantitative estimate of drug-likeness (QED) is 0.120. The fourth-order valence-corrected chi connectivity index (χ4v) is 4.18. The topological polar surface area (TPSA) is 118 Å². The van der Waals surface area contributed by atoms with Crippen molar-refractivity contribution < 1.29 is 23.9 Å². The summed E-state index contributed by atoms with van der Waals surface area (Å²) in [5.74, 6) is -0.926. The summed E-state index contributed by atoms with van der Waals surface area (Å²) in [6.45, 7) is 6.36. The highest BCUT2D eigenvalue weighted by Gasteiger charge is 2.13. The van der Waals surface area contributed by atoms with Crippen molar-refractivity contribution in [1.82, 2.24) is 5.43 Å². The molecule has 3 N–H and O–H groups in total. The lowest BCUT2D eigenvalue weighted by Crippen LogP contribution is -2.32. The fraction of sp³-hybridized carbons (Fsp3) is 0.241. The minimum atomic E-state index is -0.919. The molecular formula is C29H31BrN4O5. The third-order valence-corrected chi connectivity index (χ3v) is 5.91. The van der Waals surface area contributed by atoms with Gasteiger partial charge in [-0.1, -0.05) is 41.4 Å². The smallest absolute Gasteiger partial charge is 0.329 e. The molecule has 3 rings (SSSR count). The molecule has 0 unspecified atom stereocenters. The van der Waals surface area contributed by atoms with E-state index in [1.165, 1.54) is 6.21 Å². The van der Waals surface area contributed by atoms with Crippen LogP contribution in [0.25, 0.3) is 0 Å². The number of benzene rings is 3. The van der Waals surface area contributed by atoms with Crippen LogP contribution in [0, 0.1) is 13.8 Å². The van der Waals surface area contributed by atoms with Gasteiger partial charge in [0.25, 0.3) is 5.91 Å². The monoisotopic (exact) mass is 594 g/mol. The van der Waals surface area contributed by atoms with Crippen LogP contribution < -0.4 is 25.5 Å². The highest BCUT2D eigenvalue weighted by Crippen LogP contribution is 2.25. The van der Waals surface area contributed by atoms with Gasteiger partial charge in [0.2, 0.25) is 0 Å². The van der Waals surface area contributed by atoms with Crippen LogP contribution in [-0.4, -0.2) is 37.1 Å². The van der Waals surface area contributed by atoms with E-state index in [1.807, 2.05) is 26.0 Å². The number of amides is 3. The van der Waals surface area contributed by atoms with Gasteiger partial charge in [-0.2, -0.15) is 5.10 Å². The van der Waals surface area contributed by atoms with Crippen molar-refractivity contribution in [3.05, 3.63) is 81.8 Å². The van der Waals surface area contributed by atoms with E-state index in [2.05, 4.69) is 44.0 Å². The van der Waals surface area contributed by atoms with E-state index in [4.69, 9.17) is 9.47 Å². The molecule has 3 aromatic rings. The SMILES string of the molecule is CCCCOc1ccc(NC(=O)C(=O)N/N=C\c2cccc(OCC(=O)Nc3c(C)cc(Br)cc3C)c2)cc1. The van der Waals surface area contributed by atoms with Gasteiger partial charge in [0.1, 0.15) is 11.5 Å². The Kier molecular flexibility index (Phi) is 11.1. The number of nitrogens with zero attached hydrogens (tertiary/aromatic N) is 1. The normalized spacial score (nSPS) is 10.7. The molecule has 0 saturated heterocycles. The van der Waals surface area contributed by atoms with Gasteiger partial charge in [-0.15, -0.1) is 0 Å².